The second-order valence-electron chi connectivity index (χ2n) is 9.74. The SMILES string of the molecule is C[N+]1(CCc2ccncn2)CCCC1COC(=O)C(O)(c1ccccc1)C1CCCCC1. The van der Waals surface area contributed by atoms with Gasteiger partial charge in [-0.1, -0.05) is 49.6 Å². The first-order chi connectivity index (χ1) is 15.5. The summed E-state index contributed by atoms with van der Waals surface area (Å²) in [6, 6.07) is 11.6. The van der Waals surface area contributed by atoms with Crippen LogP contribution in [-0.2, 0) is 21.6 Å². The van der Waals surface area contributed by atoms with E-state index in [9.17, 15) is 9.90 Å². The van der Waals surface area contributed by atoms with Gasteiger partial charge < -0.3 is 14.3 Å². The molecular formula is C26H36N3O3+. The molecule has 3 unspecified atom stereocenters. The number of carbonyl (C=O) groups is 1. The fourth-order valence-electron chi connectivity index (χ4n) is 5.59. The number of rotatable bonds is 8. The molecule has 172 valence electrons. The predicted octanol–water partition coefficient (Wildman–Crippen LogP) is 3.64. The highest BCUT2D eigenvalue weighted by molar-refractivity contribution is 5.81. The first-order valence-corrected chi connectivity index (χ1v) is 12.1. The monoisotopic (exact) mass is 438 g/mol. The van der Waals surface area contributed by atoms with Crippen molar-refractivity contribution in [1.29, 1.82) is 0 Å². The van der Waals surface area contributed by atoms with Gasteiger partial charge in [0.2, 0.25) is 0 Å². The minimum absolute atomic E-state index is 0.0895. The molecule has 1 aliphatic heterocycles. The smallest absolute Gasteiger partial charge is 0.343 e. The lowest BCUT2D eigenvalue weighted by Crippen LogP contribution is -2.52. The summed E-state index contributed by atoms with van der Waals surface area (Å²) in [7, 11) is 2.25. The van der Waals surface area contributed by atoms with Gasteiger partial charge in [0.15, 0.2) is 5.60 Å². The highest BCUT2D eigenvalue weighted by atomic mass is 16.6. The molecule has 1 aromatic carbocycles. The van der Waals surface area contributed by atoms with Gasteiger partial charge in [-0.3, -0.25) is 0 Å². The van der Waals surface area contributed by atoms with E-state index < -0.39 is 11.6 Å². The molecule has 1 saturated carbocycles. The van der Waals surface area contributed by atoms with Gasteiger partial charge in [-0.2, -0.15) is 0 Å². The van der Waals surface area contributed by atoms with Crippen LogP contribution in [0.15, 0.2) is 48.9 Å². The molecular weight excluding hydrogens is 402 g/mol. The topological polar surface area (TPSA) is 72.3 Å². The standard InChI is InChI=1S/C26H36N3O3/c1-29(18-15-23-14-16-27-20-28-23)17-8-13-24(29)19-32-25(30)26(31,21-9-4-2-5-10-21)22-11-6-3-7-12-22/h2,4-5,9-10,14,16,20,22,24,31H,3,6-8,11-13,15,17-19H2,1H3/q+1. The van der Waals surface area contributed by atoms with Crippen molar-refractivity contribution >= 4 is 5.97 Å². The minimum Gasteiger partial charge on any atom is -0.457 e. The summed E-state index contributed by atoms with van der Waals surface area (Å²) in [5.41, 5.74) is 0.132. The predicted molar refractivity (Wildman–Crippen MR) is 123 cm³/mol. The molecule has 2 heterocycles. The molecule has 0 bridgehead atoms. The summed E-state index contributed by atoms with van der Waals surface area (Å²) in [5.74, 6) is -0.571. The van der Waals surface area contributed by atoms with Crippen molar-refractivity contribution in [3.63, 3.8) is 0 Å². The van der Waals surface area contributed by atoms with E-state index in [0.717, 1.165) is 68.2 Å². The van der Waals surface area contributed by atoms with E-state index in [1.807, 2.05) is 36.4 Å². The van der Waals surface area contributed by atoms with Crippen LogP contribution in [0.1, 0.15) is 56.2 Å². The number of esters is 1. The maximum atomic E-state index is 13.4. The Bertz CT molecular complexity index is 872. The van der Waals surface area contributed by atoms with E-state index in [0.29, 0.717) is 12.2 Å². The minimum atomic E-state index is -1.56. The summed E-state index contributed by atoms with van der Waals surface area (Å²) in [6.07, 6.45) is 11.4. The highest BCUT2D eigenvalue weighted by Crippen LogP contribution is 2.40. The van der Waals surface area contributed by atoms with Gasteiger partial charge in [-0.05, 0) is 24.5 Å². The first kappa shape index (κ1) is 22.9. The molecule has 0 amide bonds. The molecule has 6 heteroatoms. The van der Waals surface area contributed by atoms with Gasteiger partial charge in [-0.25, -0.2) is 14.8 Å². The molecule has 32 heavy (non-hydrogen) atoms. The van der Waals surface area contributed by atoms with E-state index in [-0.39, 0.29) is 12.0 Å². The lowest BCUT2D eigenvalue weighted by atomic mass is 9.73. The number of likely N-dealkylation sites (N-methyl/N-ethyl adjacent to an activating group) is 1. The van der Waals surface area contributed by atoms with Crippen molar-refractivity contribution in [2.75, 3.05) is 26.7 Å². The Morgan fingerprint density at radius 1 is 1.12 bits per heavy atom. The van der Waals surface area contributed by atoms with Crippen LogP contribution >= 0.6 is 0 Å². The van der Waals surface area contributed by atoms with E-state index in [1.165, 1.54) is 6.42 Å². The number of ether oxygens (including phenoxy) is 1. The van der Waals surface area contributed by atoms with E-state index >= 15 is 0 Å². The number of hydrogen-bond donors (Lipinski definition) is 1. The largest absolute Gasteiger partial charge is 0.457 e. The Balaban J connectivity index is 1.44. The van der Waals surface area contributed by atoms with Crippen LogP contribution < -0.4 is 0 Å². The highest BCUT2D eigenvalue weighted by Gasteiger charge is 2.48. The maximum Gasteiger partial charge on any atom is 0.343 e. The number of quaternary nitrogens is 1. The van der Waals surface area contributed by atoms with Crippen molar-refractivity contribution in [3.05, 3.63) is 60.2 Å². The zero-order valence-corrected chi connectivity index (χ0v) is 19.2. The fourth-order valence-corrected chi connectivity index (χ4v) is 5.59. The normalized spacial score (nSPS) is 25.9. The van der Waals surface area contributed by atoms with Crippen LogP contribution in [0.2, 0.25) is 0 Å². The Morgan fingerprint density at radius 3 is 2.62 bits per heavy atom. The fraction of sp³-hybridized carbons (Fsp3) is 0.577. The number of aromatic nitrogens is 2. The summed E-state index contributed by atoms with van der Waals surface area (Å²) < 4.78 is 6.78. The van der Waals surface area contributed by atoms with Gasteiger partial charge in [-0.15, -0.1) is 0 Å². The van der Waals surface area contributed by atoms with Crippen LogP contribution in [0.25, 0.3) is 0 Å². The van der Waals surface area contributed by atoms with Crippen LogP contribution in [0.4, 0.5) is 0 Å². The van der Waals surface area contributed by atoms with Gasteiger partial charge in [0, 0.05) is 37.1 Å². The summed E-state index contributed by atoms with van der Waals surface area (Å²) in [4.78, 5) is 21.8. The lowest BCUT2D eigenvalue weighted by Gasteiger charge is -2.39. The van der Waals surface area contributed by atoms with Crippen molar-refractivity contribution < 1.29 is 19.1 Å². The van der Waals surface area contributed by atoms with Gasteiger partial charge in [0.1, 0.15) is 19.0 Å². The quantitative estimate of drug-likeness (QED) is 0.503. The van der Waals surface area contributed by atoms with Crippen LogP contribution in [0.5, 0.6) is 0 Å². The molecule has 1 aromatic heterocycles. The second kappa shape index (κ2) is 10.1. The zero-order valence-electron chi connectivity index (χ0n) is 19.2. The molecule has 4 rings (SSSR count). The van der Waals surface area contributed by atoms with E-state index in [4.69, 9.17) is 4.74 Å². The van der Waals surface area contributed by atoms with Crippen LogP contribution in [-0.4, -0.2) is 58.3 Å². The molecule has 1 N–H and O–H groups in total. The number of nitrogens with zero attached hydrogens (tertiary/aromatic N) is 3. The molecule has 0 radical (unpaired) electrons. The van der Waals surface area contributed by atoms with Crippen molar-refractivity contribution in [2.45, 2.75) is 63.0 Å². The maximum absolute atomic E-state index is 13.4. The molecule has 2 aliphatic rings. The Kier molecular flexibility index (Phi) is 7.21. The lowest BCUT2D eigenvalue weighted by molar-refractivity contribution is -0.921. The van der Waals surface area contributed by atoms with Crippen molar-refractivity contribution in [1.82, 2.24) is 9.97 Å². The van der Waals surface area contributed by atoms with E-state index in [1.54, 1.807) is 12.5 Å². The number of carbonyl (C=O) groups excluding carboxylic acids is 1. The Morgan fingerprint density at radius 2 is 1.91 bits per heavy atom. The van der Waals surface area contributed by atoms with Gasteiger partial charge >= 0.3 is 5.97 Å². The third-order valence-corrected chi connectivity index (χ3v) is 7.74. The Hall–Kier alpha value is -2.31. The van der Waals surface area contributed by atoms with Crippen molar-refractivity contribution in [3.8, 4) is 0 Å². The first-order valence-electron chi connectivity index (χ1n) is 12.1. The molecule has 2 fully saturated rings. The van der Waals surface area contributed by atoms with Gasteiger partial charge in [0.05, 0.1) is 20.1 Å². The third-order valence-electron chi connectivity index (χ3n) is 7.74. The second-order valence-corrected chi connectivity index (χ2v) is 9.74. The molecule has 1 aliphatic carbocycles. The average Bonchev–Trinajstić information content (AvgIpc) is 3.23. The van der Waals surface area contributed by atoms with Crippen LogP contribution in [0, 0.1) is 5.92 Å². The molecule has 2 aromatic rings. The summed E-state index contributed by atoms with van der Waals surface area (Å²) in [5, 5.41) is 11.7. The summed E-state index contributed by atoms with van der Waals surface area (Å²) >= 11 is 0. The van der Waals surface area contributed by atoms with Crippen LogP contribution in [0.3, 0.4) is 0 Å². The molecule has 6 nitrogen and oxygen atoms in total. The van der Waals surface area contributed by atoms with Crippen molar-refractivity contribution in [2.24, 2.45) is 5.92 Å². The number of aliphatic hydroxyl groups is 1. The van der Waals surface area contributed by atoms with Gasteiger partial charge in [0.25, 0.3) is 0 Å². The molecule has 1 saturated heterocycles. The summed E-state index contributed by atoms with van der Waals surface area (Å²) in [6.45, 7) is 2.37. The zero-order chi connectivity index (χ0) is 22.4. The number of likely N-dealkylation sites (tertiary alicyclic amines) is 1. The van der Waals surface area contributed by atoms with E-state index in [2.05, 4.69) is 17.0 Å². The third kappa shape index (κ3) is 4.86. The average molecular weight is 439 g/mol. The molecule has 3 atom stereocenters. The Labute approximate surface area is 191 Å². The number of benzene rings is 1. The molecule has 0 spiro atoms. The number of hydrogen-bond acceptors (Lipinski definition) is 5.